The average Bonchev–Trinajstić information content (AvgIpc) is 3.02. The molecule has 76 valence electrons. The van der Waals surface area contributed by atoms with Gasteiger partial charge in [0.15, 0.2) is 0 Å². The maximum absolute atomic E-state index is 13.5. The van der Waals surface area contributed by atoms with Gasteiger partial charge in [0, 0.05) is 11.3 Å². The summed E-state index contributed by atoms with van der Waals surface area (Å²) in [6.45, 7) is 0. The van der Waals surface area contributed by atoms with Crippen LogP contribution in [0.5, 0.6) is 0 Å². The van der Waals surface area contributed by atoms with E-state index in [2.05, 4.69) is 9.97 Å². The summed E-state index contributed by atoms with van der Waals surface area (Å²) >= 11 is 5.78. The summed E-state index contributed by atoms with van der Waals surface area (Å²) in [7, 11) is 0. The minimum Gasteiger partial charge on any atom is -0.222 e. The number of aromatic nitrogens is 2. The highest BCUT2D eigenvalue weighted by atomic mass is 35.5. The fourth-order valence-corrected chi connectivity index (χ4v) is 1.96. The molecule has 0 radical (unpaired) electrons. The normalized spacial score (nSPS) is 15.9. The van der Waals surface area contributed by atoms with Gasteiger partial charge in [-0.15, -0.1) is 0 Å². The number of nitrogens with zero attached hydrogens (tertiary/aromatic N) is 2. The van der Waals surface area contributed by atoms with Gasteiger partial charge in [-0.2, -0.15) is 0 Å². The second kappa shape index (κ2) is 3.14. The van der Waals surface area contributed by atoms with E-state index in [1.165, 1.54) is 6.07 Å². The molecule has 1 aliphatic carbocycles. The van der Waals surface area contributed by atoms with Crippen molar-refractivity contribution in [2.75, 3.05) is 0 Å². The highest BCUT2D eigenvalue weighted by Crippen LogP contribution is 2.42. The first-order valence-corrected chi connectivity index (χ1v) is 5.25. The molecule has 4 heteroatoms. The number of benzene rings is 1. The Balaban J connectivity index is 2.38. The van der Waals surface area contributed by atoms with E-state index in [1.807, 2.05) is 6.07 Å². The van der Waals surface area contributed by atoms with Crippen molar-refractivity contribution in [2.45, 2.75) is 18.8 Å². The molecular weight excluding hydrogens is 215 g/mol. The van der Waals surface area contributed by atoms with Gasteiger partial charge in [0.2, 0.25) is 5.28 Å². The first-order chi connectivity index (χ1) is 7.25. The van der Waals surface area contributed by atoms with Crippen molar-refractivity contribution in [1.29, 1.82) is 0 Å². The van der Waals surface area contributed by atoms with Crippen LogP contribution in [-0.2, 0) is 0 Å². The summed E-state index contributed by atoms with van der Waals surface area (Å²) < 4.78 is 13.5. The minimum atomic E-state index is -0.335. The molecule has 0 unspecified atom stereocenters. The molecular formula is C11H8ClFN2. The van der Waals surface area contributed by atoms with Gasteiger partial charge in [-0.25, -0.2) is 14.4 Å². The van der Waals surface area contributed by atoms with E-state index in [4.69, 9.17) is 11.6 Å². The van der Waals surface area contributed by atoms with E-state index in [1.54, 1.807) is 6.07 Å². The molecule has 1 heterocycles. The summed E-state index contributed by atoms with van der Waals surface area (Å²) in [5.41, 5.74) is 1.23. The Labute approximate surface area is 91.1 Å². The lowest BCUT2D eigenvalue weighted by atomic mass is 10.1. The topological polar surface area (TPSA) is 25.8 Å². The lowest BCUT2D eigenvalue weighted by Crippen LogP contribution is -1.95. The number of hydrogen-bond donors (Lipinski definition) is 0. The van der Waals surface area contributed by atoms with Gasteiger partial charge in [0.25, 0.3) is 0 Å². The number of para-hydroxylation sites is 1. The summed E-state index contributed by atoms with van der Waals surface area (Å²) in [5.74, 6) is 0.105. The predicted octanol–water partition coefficient (Wildman–Crippen LogP) is 3.30. The van der Waals surface area contributed by atoms with E-state index in [0.29, 0.717) is 11.4 Å². The number of halogens is 2. The summed E-state index contributed by atoms with van der Waals surface area (Å²) in [6.07, 6.45) is 2.22. The Morgan fingerprint density at radius 3 is 2.80 bits per heavy atom. The molecule has 1 aliphatic rings. The molecule has 15 heavy (non-hydrogen) atoms. The van der Waals surface area contributed by atoms with Crippen molar-refractivity contribution in [2.24, 2.45) is 0 Å². The van der Waals surface area contributed by atoms with Crippen LogP contribution in [0, 0.1) is 5.82 Å². The Morgan fingerprint density at radius 2 is 2.07 bits per heavy atom. The summed E-state index contributed by atoms with van der Waals surface area (Å²) in [5, 5.41) is 0.927. The third kappa shape index (κ3) is 1.47. The zero-order valence-corrected chi connectivity index (χ0v) is 8.63. The second-order valence-electron chi connectivity index (χ2n) is 3.79. The average molecular weight is 223 g/mol. The van der Waals surface area contributed by atoms with E-state index >= 15 is 0 Å². The highest BCUT2D eigenvalue weighted by molar-refractivity contribution is 6.28. The van der Waals surface area contributed by atoms with E-state index in [-0.39, 0.29) is 11.1 Å². The standard InChI is InChI=1S/C11H8ClFN2/c12-11-14-9(6-4-5-6)7-2-1-3-8(13)10(7)15-11/h1-3,6H,4-5H2. The lowest BCUT2D eigenvalue weighted by Gasteiger charge is -2.04. The molecule has 1 aromatic carbocycles. The van der Waals surface area contributed by atoms with Crippen LogP contribution in [0.15, 0.2) is 18.2 Å². The first-order valence-electron chi connectivity index (χ1n) is 4.87. The van der Waals surface area contributed by atoms with Gasteiger partial charge in [0.1, 0.15) is 11.3 Å². The Morgan fingerprint density at radius 1 is 1.27 bits per heavy atom. The molecule has 0 amide bonds. The molecule has 2 nitrogen and oxygen atoms in total. The number of rotatable bonds is 1. The van der Waals surface area contributed by atoms with Crippen molar-refractivity contribution in [3.05, 3.63) is 35.0 Å². The molecule has 2 aromatic rings. The molecule has 0 aliphatic heterocycles. The molecule has 1 saturated carbocycles. The van der Waals surface area contributed by atoms with Gasteiger partial charge < -0.3 is 0 Å². The van der Waals surface area contributed by atoms with Crippen molar-refractivity contribution < 1.29 is 4.39 Å². The monoisotopic (exact) mass is 222 g/mol. The van der Waals surface area contributed by atoms with Crippen LogP contribution < -0.4 is 0 Å². The van der Waals surface area contributed by atoms with Crippen molar-refractivity contribution in [1.82, 2.24) is 9.97 Å². The molecule has 0 N–H and O–H groups in total. The van der Waals surface area contributed by atoms with Crippen LogP contribution in [0.25, 0.3) is 10.9 Å². The third-order valence-electron chi connectivity index (χ3n) is 2.64. The molecule has 3 rings (SSSR count). The van der Waals surface area contributed by atoms with Crippen LogP contribution in [0.2, 0.25) is 5.28 Å². The number of fused-ring (bicyclic) bond motifs is 1. The maximum Gasteiger partial charge on any atom is 0.223 e. The molecule has 0 saturated heterocycles. The van der Waals surface area contributed by atoms with Gasteiger partial charge in [-0.3, -0.25) is 0 Å². The minimum absolute atomic E-state index is 0.134. The van der Waals surface area contributed by atoms with Crippen LogP contribution in [0.3, 0.4) is 0 Å². The Kier molecular flexibility index (Phi) is 1.89. The summed E-state index contributed by atoms with van der Waals surface area (Å²) in [4.78, 5) is 8.12. The van der Waals surface area contributed by atoms with Gasteiger partial charge in [-0.05, 0) is 30.5 Å². The molecule has 1 aromatic heterocycles. The van der Waals surface area contributed by atoms with E-state index in [0.717, 1.165) is 23.9 Å². The largest absolute Gasteiger partial charge is 0.223 e. The van der Waals surface area contributed by atoms with Crippen LogP contribution in [0.1, 0.15) is 24.5 Å². The lowest BCUT2D eigenvalue weighted by molar-refractivity contribution is 0.636. The van der Waals surface area contributed by atoms with Crippen LogP contribution in [0.4, 0.5) is 4.39 Å². The van der Waals surface area contributed by atoms with Gasteiger partial charge in [-0.1, -0.05) is 12.1 Å². The fourth-order valence-electron chi connectivity index (χ4n) is 1.78. The fraction of sp³-hybridized carbons (Fsp3) is 0.273. The first kappa shape index (κ1) is 9.04. The van der Waals surface area contributed by atoms with Crippen molar-refractivity contribution in [3.63, 3.8) is 0 Å². The second-order valence-corrected chi connectivity index (χ2v) is 4.13. The van der Waals surface area contributed by atoms with Gasteiger partial charge in [0.05, 0.1) is 5.69 Å². The maximum atomic E-state index is 13.5. The van der Waals surface area contributed by atoms with Crippen molar-refractivity contribution >= 4 is 22.5 Å². The Hall–Kier alpha value is -1.22. The van der Waals surface area contributed by atoms with Crippen LogP contribution >= 0.6 is 11.6 Å². The zero-order chi connectivity index (χ0) is 10.4. The SMILES string of the molecule is Fc1cccc2c(C3CC3)nc(Cl)nc12. The molecule has 0 atom stereocenters. The van der Waals surface area contributed by atoms with Gasteiger partial charge >= 0.3 is 0 Å². The molecule has 0 spiro atoms. The highest BCUT2D eigenvalue weighted by Gasteiger charge is 2.28. The van der Waals surface area contributed by atoms with E-state index < -0.39 is 0 Å². The quantitative estimate of drug-likeness (QED) is 0.692. The number of hydrogen-bond acceptors (Lipinski definition) is 2. The van der Waals surface area contributed by atoms with E-state index in [9.17, 15) is 4.39 Å². The Bertz CT molecular complexity index is 537. The smallest absolute Gasteiger partial charge is 0.222 e. The van der Waals surface area contributed by atoms with Crippen LogP contribution in [-0.4, -0.2) is 9.97 Å². The predicted molar refractivity (Wildman–Crippen MR) is 56.5 cm³/mol. The molecule has 0 bridgehead atoms. The summed E-state index contributed by atoms with van der Waals surface area (Å²) in [6, 6.07) is 4.92. The van der Waals surface area contributed by atoms with Crippen molar-refractivity contribution in [3.8, 4) is 0 Å². The molecule has 1 fully saturated rings. The zero-order valence-electron chi connectivity index (χ0n) is 7.87. The third-order valence-corrected chi connectivity index (χ3v) is 2.81.